The lowest BCUT2D eigenvalue weighted by atomic mass is 10.1. The third-order valence-corrected chi connectivity index (χ3v) is 5.86. The van der Waals surface area contributed by atoms with Crippen LogP contribution < -0.4 is 10.0 Å². The standard InChI is InChI=1S/C19H22N4O2S/c1-12-6-5-7-13(2)18(12)20-16-8-10-17(11-9-16)23-26(24,25)19-14(3)21-22-15(19)4/h5-11,20,23H,1-4H3,(H,21,22). The molecule has 26 heavy (non-hydrogen) atoms. The van der Waals surface area contributed by atoms with Gasteiger partial charge in [-0.25, -0.2) is 8.42 Å². The van der Waals surface area contributed by atoms with Crippen molar-refractivity contribution in [2.45, 2.75) is 32.6 Å². The Morgan fingerprint density at radius 1 is 0.885 bits per heavy atom. The molecule has 0 atom stereocenters. The number of aromatic amines is 1. The van der Waals surface area contributed by atoms with Gasteiger partial charge in [-0.1, -0.05) is 18.2 Å². The summed E-state index contributed by atoms with van der Waals surface area (Å²) in [6.07, 6.45) is 0. The quantitative estimate of drug-likeness (QED) is 0.628. The van der Waals surface area contributed by atoms with Crippen LogP contribution in [0.2, 0.25) is 0 Å². The van der Waals surface area contributed by atoms with Gasteiger partial charge in [-0.15, -0.1) is 0 Å². The molecule has 0 aliphatic heterocycles. The number of hydrogen-bond donors (Lipinski definition) is 3. The molecule has 6 nitrogen and oxygen atoms in total. The van der Waals surface area contributed by atoms with Crippen LogP contribution in [-0.4, -0.2) is 18.6 Å². The zero-order valence-corrected chi connectivity index (χ0v) is 16.0. The number of nitrogens with one attached hydrogen (secondary N) is 3. The molecule has 0 saturated heterocycles. The summed E-state index contributed by atoms with van der Waals surface area (Å²) in [5, 5.41) is 10.0. The second-order valence-corrected chi connectivity index (χ2v) is 7.96. The molecule has 0 aliphatic rings. The maximum absolute atomic E-state index is 12.6. The summed E-state index contributed by atoms with van der Waals surface area (Å²) in [5.74, 6) is 0. The summed E-state index contributed by atoms with van der Waals surface area (Å²) >= 11 is 0. The van der Waals surface area contributed by atoms with Gasteiger partial charge in [0.1, 0.15) is 4.90 Å². The minimum Gasteiger partial charge on any atom is -0.355 e. The Morgan fingerprint density at radius 3 is 2.00 bits per heavy atom. The van der Waals surface area contributed by atoms with Gasteiger partial charge in [0.2, 0.25) is 0 Å². The number of aromatic nitrogens is 2. The molecule has 0 fully saturated rings. The highest BCUT2D eigenvalue weighted by Gasteiger charge is 2.22. The van der Waals surface area contributed by atoms with Crippen LogP contribution in [0.5, 0.6) is 0 Å². The van der Waals surface area contributed by atoms with Crippen molar-refractivity contribution in [1.82, 2.24) is 10.2 Å². The first kappa shape index (κ1) is 18.0. The van der Waals surface area contributed by atoms with Crippen LogP contribution in [0.1, 0.15) is 22.5 Å². The van der Waals surface area contributed by atoms with Gasteiger partial charge in [-0.3, -0.25) is 9.82 Å². The van der Waals surface area contributed by atoms with Crippen LogP contribution in [0.4, 0.5) is 17.1 Å². The maximum Gasteiger partial charge on any atom is 0.265 e. The van der Waals surface area contributed by atoms with Crippen molar-refractivity contribution in [3.8, 4) is 0 Å². The monoisotopic (exact) mass is 370 g/mol. The van der Waals surface area contributed by atoms with E-state index in [2.05, 4.69) is 20.2 Å². The van der Waals surface area contributed by atoms with Crippen molar-refractivity contribution < 1.29 is 8.42 Å². The number of hydrogen-bond acceptors (Lipinski definition) is 4. The summed E-state index contributed by atoms with van der Waals surface area (Å²) in [7, 11) is -3.68. The second-order valence-electron chi connectivity index (χ2n) is 6.34. The predicted molar refractivity (Wildman–Crippen MR) is 105 cm³/mol. The molecule has 0 saturated carbocycles. The number of anilines is 3. The fraction of sp³-hybridized carbons (Fsp3) is 0.211. The van der Waals surface area contributed by atoms with Crippen LogP contribution in [-0.2, 0) is 10.0 Å². The van der Waals surface area contributed by atoms with Crippen LogP contribution in [0.3, 0.4) is 0 Å². The number of benzene rings is 2. The van der Waals surface area contributed by atoms with Gasteiger partial charge in [0, 0.05) is 17.1 Å². The van der Waals surface area contributed by atoms with E-state index in [0.717, 1.165) is 22.5 Å². The first-order valence-electron chi connectivity index (χ1n) is 8.25. The van der Waals surface area contributed by atoms with E-state index in [9.17, 15) is 8.42 Å². The number of aryl methyl sites for hydroxylation is 4. The maximum atomic E-state index is 12.6. The van der Waals surface area contributed by atoms with Crippen molar-refractivity contribution in [1.29, 1.82) is 0 Å². The first-order valence-corrected chi connectivity index (χ1v) is 9.74. The zero-order chi connectivity index (χ0) is 18.9. The van der Waals surface area contributed by atoms with Crippen molar-refractivity contribution in [3.05, 3.63) is 65.0 Å². The highest BCUT2D eigenvalue weighted by atomic mass is 32.2. The summed E-state index contributed by atoms with van der Waals surface area (Å²) in [4.78, 5) is 0.190. The zero-order valence-electron chi connectivity index (χ0n) is 15.2. The van der Waals surface area contributed by atoms with Crippen LogP contribution >= 0.6 is 0 Å². The van der Waals surface area contributed by atoms with E-state index in [4.69, 9.17) is 0 Å². The minimum atomic E-state index is -3.68. The third-order valence-electron chi connectivity index (χ3n) is 4.22. The average Bonchev–Trinajstić information content (AvgIpc) is 2.92. The van der Waals surface area contributed by atoms with E-state index in [1.807, 2.05) is 44.2 Å². The lowest BCUT2D eigenvalue weighted by molar-refractivity contribution is 0.600. The molecule has 0 unspecified atom stereocenters. The largest absolute Gasteiger partial charge is 0.355 e. The van der Waals surface area contributed by atoms with Crippen molar-refractivity contribution in [3.63, 3.8) is 0 Å². The predicted octanol–water partition coefficient (Wildman–Crippen LogP) is 4.19. The third kappa shape index (κ3) is 3.57. The molecule has 0 bridgehead atoms. The Bertz CT molecular complexity index is 998. The second kappa shape index (κ2) is 6.84. The molecule has 3 rings (SSSR count). The topological polar surface area (TPSA) is 86.9 Å². The van der Waals surface area contributed by atoms with Gasteiger partial charge in [-0.05, 0) is 63.1 Å². The number of para-hydroxylation sites is 1. The van der Waals surface area contributed by atoms with Gasteiger partial charge < -0.3 is 5.32 Å². The number of sulfonamides is 1. The highest BCUT2D eigenvalue weighted by Crippen LogP contribution is 2.26. The van der Waals surface area contributed by atoms with E-state index in [1.54, 1.807) is 26.0 Å². The van der Waals surface area contributed by atoms with E-state index in [0.29, 0.717) is 17.1 Å². The van der Waals surface area contributed by atoms with E-state index in [-0.39, 0.29) is 4.90 Å². The molecule has 2 aromatic carbocycles. The minimum absolute atomic E-state index is 0.190. The molecule has 0 radical (unpaired) electrons. The Kier molecular flexibility index (Phi) is 4.73. The lowest BCUT2D eigenvalue weighted by Gasteiger charge is -2.13. The summed E-state index contributed by atoms with van der Waals surface area (Å²) in [6, 6.07) is 13.3. The van der Waals surface area contributed by atoms with Gasteiger partial charge >= 0.3 is 0 Å². The van der Waals surface area contributed by atoms with Crippen LogP contribution in [0.15, 0.2) is 47.4 Å². The Labute approximate surface area is 153 Å². The molecule has 3 N–H and O–H groups in total. The van der Waals surface area contributed by atoms with E-state index < -0.39 is 10.0 Å². The molecule has 7 heteroatoms. The smallest absolute Gasteiger partial charge is 0.265 e. The van der Waals surface area contributed by atoms with Gasteiger partial charge in [0.15, 0.2) is 0 Å². The number of nitrogens with zero attached hydrogens (tertiary/aromatic N) is 1. The van der Waals surface area contributed by atoms with Gasteiger partial charge in [0.05, 0.1) is 11.4 Å². The molecule has 0 spiro atoms. The fourth-order valence-electron chi connectivity index (χ4n) is 2.92. The Balaban J connectivity index is 1.80. The molecule has 136 valence electrons. The average molecular weight is 370 g/mol. The first-order chi connectivity index (χ1) is 12.3. The summed E-state index contributed by atoms with van der Waals surface area (Å²) in [5.41, 5.74) is 5.72. The molecule has 3 aromatic rings. The normalized spacial score (nSPS) is 11.4. The Morgan fingerprint density at radius 2 is 1.46 bits per heavy atom. The molecular formula is C19H22N4O2S. The summed E-state index contributed by atoms with van der Waals surface area (Å²) < 4.78 is 27.8. The number of rotatable bonds is 5. The van der Waals surface area contributed by atoms with E-state index >= 15 is 0 Å². The molecule has 1 heterocycles. The fourth-order valence-corrected chi connectivity index (χ4v) is 4.35. The number of H-pyrrole nitrogens is 1. The van der Waals surface area contributed by atoms with Gasteiger partial charge in [0.25, 0.3) is 10.0 Å². The van der Waals surface area contributed by atoms with Gasteiger partial charge in [-0.2, -0.15) is 5.10 Å². The van der Waals surface area contributed by atoms with Crippen LogP contribution in [0.25, 0.3) is 0 Å². The molecule has 0 aliphatic carbocycles. The van der Waals surface area contributed by atoms with Crippen molar-refractivity contribution >= 4 is 27.1 Å². The SMILES string of the molecule is Cc1cccc(C)c1Nc1ccc(NS(=O)(=O)c2c(C)n[nH]c2C)cc1. The summed E-state index contributed by atoms with van der Waals surface area (Å²) in [6.45, 7) is 7.45. The molecule has 0 amide bonds. The van der Waals surface area contributed by atoms with Crippen LogP contribution in [0, 0.1) is 27.7 Å². The lowest BCUT2D eigenvalue weighted by Crippen LogP contribution is -2.14. The highest BCUT2D eigenvalue weighted by molar-refractivity contribution is 7.92. The molecular weight excluding hydrogens is 348 g/mol. The van der Waals surface area contributed by atoms with Crippen molar-refractivity contribution in [2.24, 2.45) is 0 Å². The molecule has 1 aromatic heterocycles. The van der Waals surface area contributed by atoms with E-state index in [1.165, 1.54) is 0 Å². The Hall–Kier alpha value is -2.80. The van der Waals surface area contributed by atoms with Crippen molar-refractivity contribution in [2.75, 3.05) is 10.0 Å².